The lowest BCUT2D eigenvalue weighted by molar-refractivity contribution is -0.388. The zero-order valence-electron chi connectivity index (χ0n) is 11.3. The Kier molecular flexibility index (Phi) is 4.33. The van der Waals surface area contributed by atoms with E-state index in [1.54, 1.807) is 18.7 Å². The molecule has 0 aliphatic carbocycles. The van der Waals surface area contributed by atoms with Gasteiger partial charge in [-0.15, -0.1) is 0 Å². The maximum absolute atomic E-state index is 11.0. The molecule has 8 nitrogen and oxygen atoms in total. The van der Waals surface area contributed by atoms with Crippen LogP contribution >= 0.6 is 0 Å². The molecule has 0 amide bonds. The van der Waals surface area contributed by atoms with Crippen LogP contribution in [0.3, 0.4) is 0 Å². The number of rotatable bonds is 5. The summed E-state index contributed by atoms with van der Waals surface area (Å²) >= 11 is 0. The molecule has 0 N–H and O–H groups in total. The van der Waals surface area contributed by atoms with Crippen molar-refractivity contribution < 1.29 is 9.66 Å². The smallest absolute Gasteiger partial charge is 0.383 e. The molecule has 106 valence electrons. The van der Waals surface area contributed by atoms with Crippen molar-refractivity contribution in [1.82, 2.24) is 14.5 Å². The van der Waals surface area contributed by atoms with Crippen LogP contribution in [0.15, 0.2) is 6.33 Å². The van der Waals surface area contributed by atoms with Crippen LogP contribution < -0.4 is 4.90 Å². The minimum Gasteiger partial charge on any atom is -0.383 e. The normalized spacial score (nSPS) is 16.8. The molecule has 0 bridgehead atoms. The van der Waals surface area contributed by atoms with Gasteiger partial charge in [-0.25, -0.2) is 0 Å². The summed E-state index contributed by atoms with van der Waals surface area (Å²) in [5, 5.41) is 11.0. The Balaban J connectivity index is 2.01. The van der Waals surface area contributed by atoms with Gasteiger partial charge in [0.1, 0.15) is 0 Å². The summed E-state index contributed by atoms with van der Waals surface area (Å²) in [5.41, 5.74) is 0. The number of ether oxygens (including phenoxy) is 1. The molecule has 1 saturated heterocycles. The van der Waals surface area contributed by atoms with E-state index in [2.05, 4.69) is 9.88 Å². The fourth-order valence-electron chi connectivity index (χ4n) is 2.31. The molecule has 1 aliphatic rings. The first kappa shape index (κ1) is 13.8. The molecule has 19 heavy (non-hydrogen) atoms. The summed E-state index contributed by atoms with van der Waals surface area (Å²) < 4.78 is 6.77. The van der Waals surface area contributed by atoms with E-state index in [4.69, 9.17) is 4.74 Å². The van der Waals surface area contributed by atoms with Crippen molar-refractivity contribution in [3.63, 3.8) is 0 Å². The largest absolute Gasteiger partial charge is 0.406 e. The molecule has 1 aliphatic heterocycles. The van der Waals surface area contributed by atoms with Crippen molar-refractivity contribution in [2.24, 2.45) is 7.05 Å². The second-order valence-corrected chi connectivity index (χ2v) is 4.58. The van der Waals surface area contributed by atoms with Crippen molar-refractivity contribution in [3.05, 3.63) is 16.4 Å². The third-order valence-electron chi connectivity index (χ3n) is 3.34. The summed E-state index contributed by atoms with van der Waals surface area (Å²) in [6.07, 6.45) is 1.49. The number of imidazole rings is 1. The SMILES string of the molecule is COCCN1CCN(c2c([N+](=O)[O-])ncn2C)CC1. The third kappa shape index (κ3) is 3.02. The number of aromatic nitrogens is 2. The Hall–Kier alpha value is -1.67. The molecule has 0 unspecified atom stereocenters. The molecule has 1 aromatic heterocycles. The first-order chi connectivity index (χ1) is 9.13. The van der Waals surface area contributed by atoms with Gasteiger partial charge in [-0.1, -0.05) is 0 Å². The molecule has 0 radical (unpaired) electrons. The van der Waals surface area contributed by atoms with E-state index in [-0.39, 0.29) is 5.82 Å². The maximum Gasteiger partial charge on any atom is 0.406 e. The molecule has 2 heterocycles. The summed E-state index contributed by atoms with van der Waals surface area (Å²) in [6.45, 7) is 4.91. The van der Waals surface area contributed by atoms with Crippen LogP contribution in [-0.4, -0.2) is 65.8 Å². The van der Waals surface area contributed by atoms with Crippen LogP contribution in [0.5, 0.6) is 0 Å². The number of hydrogen-bond donors (Lipinski definition) is 0. The van der Waals surface area contributed by atoms with Gasteiger partial charge in [0.05, 0.1) is 6.61 Å². The lowest BCUT2D eigenvalue weighted by Gasteiger charge is -2.35. The summed E-state index contributed by atoms with van der Waals surface area (Å²) in [4.78, 5) is 18.7. The van der Waals surface area contributed by atoms with Gasteiger partial charge >= 0.3 is 5.82 Å². The fourth-order valence-corrected chi connectivity index (χ4v) is 2.31. The van der Waals surface area contributed by atoms with E-state index < -0.39 is 4.92 Å². The van der Waals surface area contributed by atoms with Crippen LogP contribution in [0.4, 0.5) is 11.6 Å². The van der Waals surface area contributed by atoms with E-state index in [1.165, 1.54) is 6.33 Å². The summed E-state index contributed by atoms with van der Waals surface area (Å²) in [6, 6.07) is 0. The van der Waals surface area contributed by atoms with Gasteiger partial charge < -0.3 is 19.8 Å². The van der Waals surface area contributed by atoms with Crippen LogP contribution in [0.2, 0.25) is 0 Å². The Labute approximate surface area is 111 Å². The Morgan fingerprint density at radius 1 is 1.42 bits per heavy atom. The highest BCUT2D eigenvalue weighted by Crippen LogP contribution is 2.26. The minimum atomic E-state index is -0.424. The predicted molar refractivity (Wildman–Crippen MR) is 70.4 cm³/mol. The van der Waals surface area contributed by atoms with Crippen molar-refractivity contribution >= 4 is 11.6 Å². The number of methoxy groups -OCH3 is 1. The summed E-state index contributed by atoms with van der Waals surface area (Å²) in [7, 11) is 3.47. The van der Waals surface area contributed by atoms with Gasteiger partial charge in [-0.3, -0.25) is 9.47 Å². The molecule has 8 heteroatoms. The maximum atomic E-state index is 11.0. The number of anilines is 1. The van der Waals surface area contributed by atoms with E-state index in [9.17, 15) is 10.1 Å². The van der Waals surface area contributed by atoms with Crippen molar-refractivity contribution in [3.8, 4) is 0 Å². The van der Waals surface area contributed by atoms with E-state index >= 15 is 0 Å². The fraction of sp³-hybridized carbons (Fsp3) is 0.727. The molecule has 0 atom stereocenters. The molecule has 2 rings (SSSR count). The van der Waals surface area contributed by atoms with Crippen LogP contribution in [0.25, 0.3) is 0 Å². The number of piperazine rings is 1. The van der Waals surface area contributed by atoms with E-state index in [0.717, 1.165) is 32.7 Å². The van der Waals surface area contributed by atoms with E-state index in [0.29, 0.717) is 12.4 Å². The first-order valence-electron chi connectivity index (χ1n) is 6.25. The molecule has 1 fully saturated rings. The molecule has 0 spiro atoms. The minimum absolute atomic E-state index is 0.0622. The topological polar surface area (TPSA) is 76.7 Å². The predicted octanol–water partition coefficient (Wildman–Crippen LogP) is 0.0967. The highest BCUT2D eigenvalue weighted by atomic mass is 16.6. The quantitative estimate of drug-likeness (QED) is 0.557. The summed E-state index contributed by atoms with van der Waals surface area (Å²) in [5.74, 6) is 0.532. The molecule has 1 aromatic rings. The lowest BCUT2D eigenvalue weighted by atomic mass is 10.3. The average Bonchev–Trinajstić information content (AvgIpc) is 2.79. The second kappa shape index (κ2) is 5.98. The molecule has 0 aromatic carbocycles. The second-order valence-electron chi connectivity index (χ2n) is 4.58. The van der Waals surface area contributed by atoms with Crippen molar-refractivity contribution in [2.75, 3.05) is 51.3 Å². The van der Waals surface area contributed by atoms with Crippen LogP contribution in [0, 0.1) is 10.1 Å². The third-order valence-corrected chi connectivity index (χ3v) is 3.34. The standard InChI is InChI=1S/C11H19N5O3/c1-13-9-12-10(16(17)18)11(13)15-5-3-14(4-6-15)7-8-19-2/h9H,3-8H2,1-2H3. The van der Waals surface area contributed by atoms with Crippen LogP contribution in [0.1, 0.15) is 0 Å². The number of nitro groups is 1. The van der Waals surface area contributed by atoms with Gasteiger partial charge in [-0.05, 0) is 9.91 Å². The van der Waals surface area contributed by atoms with Crippen molar-refractivity contribution in [2.45, 2.75) is 0 Å². The number of hydrogen-bond acceptors (Lipinski definition) is 6. The molecular formula is C11H19N5O3. The zero-order valence-corrected chi connectivity index (χ0v) is 11.3. The Morgan fingerprint density at radius 2 is 2.11 bits per heavy atom. The molecular weight excluding hydrogens is 250 g/mol. The van der Waals surface area contributed by atoms with Crippen molar-refractivity contribution in [1.29, 1.82) is 0 Å². The Bertz CT molecular complexity index is 440. The van der Waals surface area contributed by atoms with Gasteiger partial charge in [0.25, 0.3) is 0 Å². The average molecular weight is 269 g/mol. The molecule has 0 saturated carbocycles. The van der Waals surface area contributed by atoms with Crippen LogP contribution in [-0.2, 0) is 11.8 Å². The highest BCUT2D eigenvalue weighted by molar-refractivity contribution is 5.54. The number of nitrogens with zero attached hydrogens (tertiary/aromatic N) is 5. The van der Waals surface area contributed by atoms with Gasteiger partial charge in [0, 0.05) is 46.9 Å². The zero-order chi connectivity index (χ0) is 13.8. The number of aryl methyl sites for hydroxylation is 1. The monoisotopic (exact) mass is 269 g/mol. The van der Waals surface area contributed by atoms with E-state index in [1.807, 2.05) is 4.90 Å². The highest BCUT2D eigenvalue weighted by Gasteiger charge is 2.28. The van der Waals surface area contributed by atoms with Gasteiger partial charge in [-0.2, -0.15) is 0 Å². The lowest BCUT2D eigenvalue weighted by Crippen LogP contribution is -2.47. The first-order valence-corrected chi connectivity index (χ1v) is 6.25. The Morgan fingerprint density at radius 3 is 2.68 bits per heavy atom. The van der Waals surface area contributed by atoms with Gasteiger partial charge in [0.2, 0.25) is 12.1 Å². The van der Waals surface area contributed by atoms with Gasteiger partial charge in [0.15, 0.2) is 0 Å².